The zero-order valence-electron chi connectivity index (χ0n) is 13.7. The Morgan fingerprint density at radius 3 is 2.62 bits per heavy atom. The number of carbonyl (C=O) groups is 2. The molecule has 5 heteroatoms. The predicted octanol–water partition coefficient (Wildman–Crippen LogP) is 2.39. The van der Waals surface area contributed by atoms with Crippen LogP contribution in [0.1, 0.15) is 37.8 Å². The molecule has 5 nitrogen and oxygen atoms in total. The maximum absolute atomic E-state index is 12.5. The van der Waals surface area contributed by atoms with Gasteiger partial charge < -0.3 is 10.8 Å². The third-order valence-electron chi connectivity index (χ3n) is 4.84. The molecule has 1 heterocycles. The third kappa shape index (κ3) is 2.81. The van der Waals surface area contributed by atoms with Gasteiger partial charge in [0.25, 0.3) is 0 Å². The summed E-state index contributed by atoms with van der Waals surface area (Å²) in [5, 5.41) is 15.0. The van der Waals surface area contributed by atoms with E-state index in [-0.39, 0.29) is 12.5 Å². The number of ketones is 1. The van der Waals surface area contributed by atoms with Crippen LogP contribution in [0.5, 0.6) is 0 Å². The molecule has 1 fully saturated rings. The van der Waals surface area contributed by atoms with E-state index in [0.717, 1.165) is 22.8 Å². The molecule has 0 spiro atoms. The van der Waals surface area contributed by atoms with Crippen molar-refractivity contribution in [3.05, 3.63) is 48.0 Å². The van der Waals surface area contributed by atoms with Crippen LogP contribution in [-0.4, -0.2) is 28.4 Å². The number of aliphatic carboxylic acids is 1. The van der Waals surface area contributed by atoms with Crippen LogP contribution in [0.4, 0.5) is 0 Å². The van der Waals surface area contributed by atoms with Gasteiger partial charge in [-0.3, -0.25) is 10.1 Å². The molecule has 126 valence electrons. The van der Waals surface area contributed by atoms with Crippen LogP contribution in [0.3, 0.4) is 0 Å². The molecule has 0 radical (unpaired) electrons. The monoisotopic (exact) mass is 326 g/mol. The molecular formula is C19H22N2O3. The topological polar surface area (TPSA) is 92.4 Å². The zero-order chi connectivity index (χ0) is 17.3. The van der Waals surface area contributed by atoms with Crippen LogP contribution in [0.2, 0.25) is 0 Å². The Morgan fingerprint density at radius 1 is 1.25 bits per heavy atom. The Labute approximate surface area is 140 Å². The van der Waals surface area contributed by atoms with E-state index >= 15 is 0 Å². The summed E-state index contributed by atoms with van der Waals surface area (Å²) in [6, 6.07) is 13.1. The molecule has 2 aromatic carbocycles. The highest BCUT2D eigenvalue weighted by Crippen LogP contribution is 2.33. The fraction of sp³-hybridized carbons (Fsp3) is 0.368. The van der Waals surface area contributed by atoms with Crippen molar-refractivity contribution in [3.63, 3.8) is 0 Å². The fourth-order valence-electron chi connectivity index (χ4n) is 3.54. The van der Waals surface area contributed by atoms with Crippen molar-refractivity contribution in [2.45, 2.75) is 43.8 Å². The number of nitrogens with two attached hydrogens (primary N) is 1. The molecule has 1 aliphatic heterocycles. The Bertz CT molecular complexity index is 787. The van der Waals surface area contributed by atoms with Crippen molar-refractivity contribution < 1.29 is 14.7 Å². The first-order valence-electron chi connectivity index (χ1n) is 8.24. The average molecular weight is 326 g/mol. The number of carboxylic acid groups (broad SMARTS) is 1. The second-order valence-corrected chi connectivity index (χ2v) is 6.56. The van der Waals surface area contributed by atoms with Gasteiger partial charge in [0.15, 0.2) is 11.3 Å². The van der Waals surface area contributed by atoms with Crippen LogP contribution in [0.25, 0.3) is 10.8 Å². The lowest BCUT2D eigenvalue weighted by Crippen LogP contribution is -2.64. The predicted molar refractivity (Wildman–Crippen MR) is 92.7 cm³/mol. The zero-order valence-corrected chi connectivity index (χ0v) is 13.7. The maximum atomic E-state index is 12.5. The lowest BCUT2D eigenvalue weighted by atomic mass is 9.79. The molecule has 2 unspecified atom stereocenters. The van der Waals surface area contributed by atoms with E-state index in [0.29, 0.717) is 6.42 Å². The minimum atomic E-state index is -1.59. The van der Waals surface area contributed by atoms with E-state index in [2.05, 4.69) is 11.4 Å². The van der Waals surface area contributed by atoms with Crippen molar-refractivity contribution in [2.75, 3.05) is 0 Å². The van der Waals surface area contributed by atoms with Gasteiger partial charge in [0.05, 0.1) is 6.04 Å². The van der Waals surface area contributed by atoms with Crippen molar-refractivity contribution >= 4 is 22.5 Å². The molecule has 0 saturated carbocycles. The lowest BCUT2D eigenvalue weighted by molar-refractivity contribution is -0.152. The van der Waals surface area contributed by atoms with Gasteiger partial charge in [0, 0.05) is 6.04 Å². The number of hydrogen-bond donors (Lipinski definition) is 3. The Hall–Kier alpha value is -2.24. The number of piperidine rings is 1. The Kier molecular flexibility index (Phi) is 4.39. The number of benzene rings is 2. The minimum Gasteiger partial charge on any atom is -0.480 e. The van der Waals surface area contributed by atoms with Gasteiger partial charge in [-0.25, -0.2) is 4.79 Å². The standard InChI is InChI=1S/C19H22N2O3/c1-12(20)17(22)19(18(23)24)10-4-7-16(21-19)15-9-8-13-5-2-3-6-14(13)11-15/h2-3,5-6,8-9,11-12,16,21H,4,7,10,20H2,1H3,(H,23,24)/t12-,16?,19?/m0/s1. The summed E-state index contributed by atoms with van der Waals surface area (Å²) in [5.41, 5.74) is 5.10. The summed E-state index contributed by atoms with van der Waals surface area (Å²) in [4.78, 5) is 24.4. The number of carbonyl (C=O) groups excluding carboxylic acids is 1. The summed E-state index contributed by atoms with van der Waals surface area (Å²) >= 11 is 0. The molecule has 4 N–H and O–H groups in total. The van der Waals surface area contributed by atoms with Gasteiger partial charge in [-0.15, -0.1) is 0 Å². The van der Waals surface area contributed by atoms with Crippen molar-refractivity contribution in [1.29, 1.82) is 0 Å². The van der Waals surface area contributed by atoms with E-state index < -0.39 is 23.3 Å². The third-order valence-corrected chi connectivity index (χ3v) is 4.84. The van der Waals surface area contributed by atoms with Gasteiger partial charge >= 0.3 is 5.97 Å². The van der Waals surface area contributed by atoms with Crippen LogP contribution in [0, 0.1) is 0 Å². The molecule has 1 saturated heterocycles. The summed E-state index contributed by atoms with van der Waals surface area (Å²) in [6.07, 6.45) is 1.72. The second-order valence-electron chi connectivity index (χ2n) is 6.56. The maximum Gasteiger partial charge on any atom is 0.331 e. The average Bonchev–Trinajstić information content (AvgIpc) is 2.60. The van der Waals surface area contributed by atoms with E-state index in [1.165, 1.54) is 6.92 Å². The van der Waals surface area contributed by atoms with E-state index in [1.54, 1.807) is 0 Å². The van der Waals surface area contributed by atoms with E-state index in [9.17, 15) is 14.7 Å². The van der Waals surface area contributed by atoms with Crippen LogP contribution in [-0.2, 0) is 9.59 Å². The molecule has 0 aromatic heterocycles. The SMILES string of the molecule is C[C@H](N)C(=O)C1(C(=O)O)CCCC(c2ccc3ccccc3c2)N1. The van der Waals surface area contributed by atoms with Crippen LogP contribution >= 0.6 is 0 Å². The Morgan fingerprint density at radius 2 is 1.96 bits per heavy atom. The Balaban J connectivity index is 1.96. The number of fused-ring (bicyclic) bond motifs is 1. The second kappa shape index (κ2) is 6.34. The quantitative estimate of drug-likeness (QED) is 0.750. The number of Topliss-reactive ketones (excluding diaryl/α,β-unsaturated/α-hetero) is 1. The first-order chi connectivity index (χ1) is 11.4. The first-order valence-corrected chi connectivity index (χ1v) is 8.24. The molecule has 3 atom stereocenters. The largest absolute Gasteiger partial charge is 0.480 e. The first kappa shape index (κ1) is 16.6. The number of nitrogens with one attached hydrogen (secondary N) is 1. The summed E-state index contributed by atoms with van der Waals surface area (Å²) in [7, 11) is 0. The molecule has 2 aromatic rings. The summed E-state index contributed by atoms with van der Waals surface area (Å²) in [6.45, 7) is 1.54. The highest BCUT2D eigenvalue weighted by molar-refractivity contribution is 6.10. The van der Waals surface area contributed by atoms with Crippen molar-refractivity contribution in [3.8, 4) is 0 Å². The lowest BCUT2D eigenvalue weighted by Gasteiger charge is -2.39. The van der Waals surface area contributed by atoms with Gasteiger partial charge in [-0.2, -0.15) is 0 Å². The smallest absolute Gasteiger partial charge is 0.331 e. The van der Waals surface area contributed by atoms with Gasteiger partial charge in [0.2, 0.25) is 0 Å². The highest BCUT2D eigenvalue weighted by atomic mass is 16.4. The van der Waals surface area contributed by atoms with Crippen LogP contribution < -0.4 is 11.1 Å². The fourth-order valence-corrected chi connectivity index (χ4v) is 3.54. The molecule has 0 amide bonds. The number of rotatable bonds is 4. The molecule has 1 aliphatic rings. The normalized spacial score (nSPS) is 25.3. The van der Waals surface area contributed by atoms with Gasteiger partial charge in [0.1, 0.15) is 0 Å². The van der Waals surface area contributed by atoms with Gasteiger partial charge in [-0.1, -0.05) is 36.4 Å². The molecule has 24 heavy (non-hydrogen) atoms. The minimum absolute atomic E-state index is 0.179. The van der Waals surface area contributed by atoms with E-state index in [4.69, 9.17) is 5.73 Å². The molecule has 0 aliphatic carbocycles. The highest BCUT2D eigenvalue weighted by Gasteiger charge is 2.49. The van der Waals surface area contributed by atoms with Crippen molar-refractivity contribution in [2.24, 2.45) is 5.73 Å². The molecule has 0 bridgehead atoms. The van der Waals surface area contributed by atoms with Gasteiger partial charge in [-0.05, 0) is 48.6 Å². The van der Waals surface area contributed by atoms with E-state index in [1.807, 2.05) is 36.4 Å². The number of carboxylic acids is 1. The molecule has 3 rings (SSSR count). The van der Waals surface area contributed by atoms with Crippen LogP contribution in [0.15, 0.2) is 42.5 Å². The number of hydrogen-bond acceptors (Lipinski definition) is 4. The molecular weight excluding hydrogens is 304 g/mol. The van der Waals surface area contributed by atoms with Crippen molar-refractivity contribution in [1.82, 2.24) is 5.32 Å². The summed E-state index contributed by atoms with van der Waals surface area (Å²) < 4.78 is 0. The summed E-state index contributed by atoms with van der Waals surface area (Å²) in [5.74, 6) is -1.60.